The normalized spacial score (nSPS) is 14.4. The smallest absolute Gasteiger partial charge is 0.160 e. The summed E-state index contributed by atoms with van der Waals surface area (Å²) in [5, 5.41) is 0. The van der Waals surface area contributed by atoms with Gasteiger partial charge in [-0.3, -0.25) is 0 Å². The molecule has 0 unspecified atom stereocenters. The highest BCUT2D eigenvalue weighted by molar-refractivity contribution is 5.95. The Morgan fingerprint density at radius 1 is 0.469 bits per heavy atom. The van der Waals surface area contributed by atoms with Crippen LogP contribution in [0.5, 0.6) is 0 Å². The predicted octanol–water partition coefficient (Wildman–Crippen LogP) is 11.6. The summed E-state index contributed by atoms with van der Waals surface area (Å²) in [5.41, 5.74) is 15.3. The van der Waals surface area contributed by atoms with Crippen molar-refractivity contribution in [1.29, 1.82) is 0 Å². The topological polar surface area (TPSA) is 25.8 Å². The maximum atomic E-state index is 5.07. The highest BCUT2D eigenvalue weighted by Crippen LogP contribution is 2.58. The Morgan fingerprint density at radius 3 is 1.61 bits per heavy atom. The zero-order valence-corrected chi connectivity index (χ0v) is 27.1. The summed E-state index contributed by atoms with van der Waals surface area (Å²) >= 11 is 0. The van der Waals surface area contributed by atoms with Crippen LogP contribution in [-0.2, 0) is 5.41 Å². The van der Waals surface area contributed by atoms with Gasteiger partial charge in [0.1, 0.15) is 0 Å². The highest BCUT2D eigenvalue weighted by atomic mass is 14.9. The molecule has 1 heterocycles. The van der Waals surface area contributed by atoms with E-state index in [2.05, 4.69) is 158 Å². The summed E-state index contributed by atoms with van der Waals surface area (Å²) in [5.74, 6) is 0.727. The molecule has 2 aliphatic rings. The van der Waals surface area contributed by atoms with Crippen molar-refractivity contribution in [2.75, 3.05) is 0 Å². The minimum Gasteiger partial charge on any atom is -0.228 e. The van der Waals surface area contributed by atoms with Crippen molar-refractivity contribution in [2.24, 2.45) is 0 Å². The summed E-state index contributed by atoms with van der Waals surface area (Å²) in [7, 11) is 0. The Bertz CT molecular complexity index is 2240. The minimum absolute atomic E-state index is 0.372. The second kappa shape index (κ2) is 12.2. The van der Waals surface area contributed by atoms with E-state index < -0.39 is 0 Å². The first-order valence-electron chi connectivity index (χ1n) is 17.1. The SMILES string of the molecule is C1=CC2=C(CC1)c1c(-c3ccc(-c4cc(-c5ccccc5)nc(-c5ccccc5)n4)cc3)cccc1C2(c1ccccc1)c1ccccc1. The summed E-state index contributed by atoms with van der Waals surface area (Å²) in [6.07, 6.45) is 6.83. The first-order chi connectivity index (χ1) is 24.3. The number of rotatable bonds is 6. The predicted molar refractivity (Wildman–Crippen MR) is 202 cm³/mol. The van der Waals surface area contributed by atoms with Crippen molar-refractivity contribution in [1.82, 2.24) is 9.97 Å². The van der Waals surface area contributed by atoms with E-state index in [1.165, 1.54) is 44.5 Å². The van der Waals surface area contributed by atoms with E-state index in [1.807, 2.05) is 24.3 Å². The number of benzene rings is 6. The van der Waals surface area contributed by atoms with Crippen LogP contribution < -0.4 is 0 Å². The maximum absolute atomic E-state index is 5.07. The van der Waals surface area contributed by atoms with Crippen LogP contribution in [0.3, 0.4) is 0 Å². The van der Waals surface area contributed by atoms with Gasteiger partial charge < -0.3 is 0 Å². The molecule has 0 bridgehead atoms. The summed E-state index contributed by atoms with van der Waals surface area (Å²) in [4.78, 5) is 10.1. The van der Waals surface area contributed by atoms with Crippen molar-refractivity contribution >= 4 is 5.57 Å². The van der Waals surface area contributed by atoms with Crippen molar-refractivity contribution in [3.63, 3.8) is 0 Å². The largest absolute Gasteiger partial charge is 0.228 e. The molecule has 0 saturated carbocycles. The second-order valence-electron chi connectivity index (χ2n) is 12.8. The maximum Gasteiger partial charge on any atom is 0.160 e. The average Bonchev–Trinajstić information content (AvgIpc) is 3.50. The first-order valence-corrected chi connectivity index (χ1v) is 17.1. The van der Waals surface area contributed by atoms with Gasteiger partial charge >= 0.3 is 0 Å². The van der Waals surface area contributed by atoms with Gasteiger partial charge in [-0.25, -0.2) is 9.97 Å². The van der Waals surface area contributed by atoms with E-state index in [4.69, 9.17) is 9.97 Å². The molecule has 7 aromatic rings. The molecule has 0 radical (unpaired) electrons. The van der Waals surface area contributed by atoms with E-state index in [0.717, 1.165) is 46.7 Å². The van der Waals surface area contributed by atoms with E-state index >= 15 is 0 Å². The van der Waals surface area contributed by atoms with Gasteiger partial charge in [0.25, 0.3) is 0 Å². The molecule has 0 N–H and O–H groups in total. The van der Waals surface area contributed by atoms with E-state index in [1.54, 1.807) is 0 Å². The van der Waals surface area contributed by atoms with E-state index in [9.17, 15) is 0 Å². The van der Waals surface area contributed by atoms with Crippen LogP contribution in [-0.4, -0.2) is 9.97 Å². The third-order valence-electron chi connectivity index (χ3n) is 10.1. The van der Waals surface area contributed by atoms with Gasteiger partial charge in [0, 0.05) is 16.7 Å². The summed E-state index contributed by atoms with van der Waals surface area (Å²) in [6.45, 7) is 0. The van der Waals surface area contributed by atoms with Gasteiger partial charge in [0.05, 0.1) is 16.8 Å². The molecule has 0 amide bonds. The van der Waals surface area contributed by atoms with Gasteiger partial charge in [0.2, 0.25) is 0 Å². The molecule has 1 aromatic heterocycles. The number of hydrogen-bond acceptors (Lipinski definition) is 2. The van der Waals surface area contributed by atoms with Crippen molar-refractivity contribution in [2.45, 2.75) is 18.3 Å². The molecule has 6 aromatic carbocycles. The van der Waals surface area contributed by atoms with Crippen LogP contribution in [0.2, 0.25) is 0 Å². The van der Waals surface area contributed by atoms with Gasteiger partial charge in [-0.05, 0) is 63.4 Å². The Labute approximate surface area is 287 Å². The minimum atomic E-state index is -0.372. The Balaban J connectivity index is 1.19. The second-order valence-corrected chi connectivity index (χ2v) is 12.8. The van der Waals surface area contributed by atoms with Crippen LogP contribution in [0.4, 0.5) is 0 Å². The molecule has 0 fully saturated rings. The van der Waals surface area contributed by atoms with E-state index in [0.29, 0.717) is 0 Å². The molecule has 0 aliphatic heterocycles. The fourth-order valence-corrected chi connectivity index (χ4v) is 7.90. The Kier molecular flexibility index (Phi) is 7.21. The van der Waals surface area contributed by atoms with Gasteiger partial charge in [-0.1, -0.05) is 176 Å². The summed E-state index contributed by atoms with van der Waals surface area (Å²) in [6, 6.07) is 60.7. The molecule has 0 atom stereocenters. The Hall–Kier alpha value is -6.12. The molecule has 2 heteroatoms. The zero-order valence-electron chi connectivity index (χ0n) is 27.1. The highest BCUT2D eigenvalue weighted by Gasteiger charge is 2.47. The fraction of sp³-hybridized carbons (Fsp3) is 0.0638. The zero-order chi connectivity index (χ0) is 32.6. The van der Waals surface area contributed by atoms with Crippen molar-refractivity contribution in [3.8, 4) is 45.0 Å². The van der Waals surface area contributed by atoms with Gasteiger partial charge in [0.15, 0.2) is 5.82 Å². The van der Waals surface area contributed by atoms with Gasteiger partial charge in [-0.2, -0.15) is 0 Å². The lowest BCUT2D eigenvalue weighted by Crippen LogP contribution is -2.29. The number of fused-ring (bicyclic) bond motifs is 2. The van der Waals surface area contributed by atoms with Crippen molar-refractivity contribution < 1.29 is 0 Å². The fourth-order valence-electron chi connectivity index (χ4n) is 7.90. The molecular weight excluding hydrogens is 593 g/mol. The number of hydrogen-bond donors (Lipinski definition) is 0. The summed E-state index contributed by atoms with van der Waals surface area (Å²) < 4.78 is 0. The lowest BCUT2D eigenvalue weighted by atomic mass is 9.66. The molecular formula is C47H34N2. The van der Waals surface area contributed by atoms with Crippen LogP contribution in [0.15, 0.2) is 188 Å². The van der Waals surface area contributed by atoms with Crippen LogP contribution in [0.25, 0.3) is 50.6 Å². The quantitative estimate of drug-likeness (QED) is 0.184. The first kappa shape index (κ1) is 29.1. The molecule has 2 aliphatic carbocycles. The number of nitrogens with zero attached hydrogens (tertiary/aromatic N) is 2. The standard InChI is InChI=1S/C47H34N2/c1-5-16-34(17-6-1)43-32-44(49-46(48-43)36-18-7-2-8-19-36)35-30-28-33(29-31-35)39-25-15-27-42-45(39)40-24-13-14-26-41(40)47(42,37-20-9-3-10-21-37)38-22-11-4-12-23-38/h1-12,14-23,25-32H,13,24H2. The Morgan fingerprint density at radius 2 is 1.00 bits per heavy atom. The molecule has 0 spiro atoms. The number of allylic oxidation sites excluding steroid dienone is 4. The molecule has 232 valence electrons. The monoisotopic (exact) mass is 626 g/mol. The lowest BCUT2D eigenvalue weighted by Gasteiger charge is -2.35. The number of aromatic nitrogens is 2. The van der Waals surface area contributed by atoms with E-state index in [-0.39, 0.29) is 5.41 Å². The molecule has 0 saturated heterocycles. The van der Waals surface area contributed by atoms with Crippen LogP contribution in [0, 0.1) is 0 Å². The molecule has 49 heavy (non-hydrogen) atoms. The molecule has 2 nitrogen and oxygen atoms in total. The van der Waals surface area contributed by atoms with Crippen molar-refractivity contribution in [3.05, 3.63) is 210 Å². The van der Waals surface area contributed by atoms with Gasteiger partial charge in [-0.15, -0.1) is 0 Å². The third kappa shape index (κ3) is 4.88. The average molecular weight is 627 g/mol. The third-order valence-corrected chi connectivity index (χ3v) is 10.1. The lowest BCUT2D eigenvalue weighted by molar-refractivity contribution is 0.757. The van der Waals surface area contributed by atoms with Crippen LogP contribution in [0.1, 0.15) is 35.1 Å². The van der Waals surface area contributed by atoms with Crippen LogP contribution >= 0.6 is 0 Å². The molecule has 9 rings (SSSR count).